The van der Waals surface area contributed by atoms with Crippen LogP contribution in [-0.4, -0.2) is 12.5 Å². The second-order valence-electron chi connectivity index (χ2n) is 6.04. The molecule has 0 aromatic rings. The lowest BCUT2D eigenvalue weighted by Gasteiger charge is -2.28. The first-order valence-electron chi connectivity index (χ1n) is 6.85. The summed E-state index contributed by atoms with van der Waals surface area (Å²) < 4.78 is 0. The molecule has 0 heterocycles. The van der Waals surface area contributed by atoms with E-state index in [0.29, 0.717) is 23.7 Å². The molecule has 0 radical (unpaired) electrons. The maximum atomic E-state index is 12.0. The molecule has 0 aromatic carbocycles. The lowest BCUT2D eigenvalue weighted by molar-refractivity contribution is -0.123. The number of fused-ring (bicyclic) bond motifs is 1. The highest BCUT2D eigenvalue weighted by Crippen LogP contribution is 2.62. The van der Waals surface area contributed by atoms with E-state index in [1.807, 2.05) is 6.92 Å². The molecule has 16 heavy (non-hydrogen) atoms. The van der Waals surface area contributed by atoms with Crippen molar-refractivity contribution in [1.29, 1.82) is 0 Å². The average molecular weight is 223 g/mol. The van der Waals surface area contributed by atoms with Crippen LogP contribution in [0.3, 0.4) is 0 Å². The van der Waals surface area contributed by atoms with E-state index >= 15 is 0 Å². The fraction of sp³-hybridized carbons (Fsp3) is 0.929. The van der Waals surface area contributed by atoms with Crippen molar-refractivity contribution in [3.8, 4) is 0 Å². The zero-order valence-electron chi connectivity index (χ0n) is 11.0. The molecule has 0 aliphatic heterocycles. The van der Waals surface area contributed by atoms with E-state index in [1.54, 1.807) is 0 Å². The summed E-state index contributed by atoms with van der Waals surface area (Å²) in [5, 5.41) is 3.00. The van der Waals surface area contributed by atoms with Crippen molar-refractivity contribution in [2.75, 3.05) is 6.54 Å². The molecule has 2 aliphatic rings. The van der Waals surface area contributed by atoms with Crippen LogP contribution in [0.2, 0.25) is 0 Å². The molecular formula is C14H25NO. The third-order valence-corrected chi connectivity index (χ3v) is 4.75. The molecule has 92 valence electrons. The Morgan fingerprint density at radius 1 is 1.31 bits per heavy atom. The Hall–Kier alpha value is -0.530. The zero-order chi connectivity index (χ0) is 11.9. The molecule has 0 aromatic heterocycles. The van der Waals surface area contributed by atoms with Crippen LogP contribution < -0.4 is 5.32 Å². The van der Waals surface area contributed by atoms with Gasteiger partial charge in [-0.2, -0.15) is 0 Å². The van der Waals surface area contributed by atoms with Crippen LogP contribution in [0.4, 0.5) is 0 Å². The molecular weight excluding hydrogens is 198 g/mol. The quantitative estimate of drug-likeness (QED) is 0.783. The highest BCUT2D eigenvalue weighted by Gasteiger charge is 2.61. The van der Waals surface area contributed by atoms with Gasteiger partial charge in [-0.3, -0.25) is 4.79 Å². The normalized spacial score (nSPS) is 41.7. The van der Waals surface area contributed by atoms with Crippen molar-refractivity contribution in [2.45, 2.75) is 40.5 Å². The van der Waals surface area contributed by atoms with Crippen LogP contribution in [0.1, 0.15) is 40.5 Å². The zero-order valence-corrected chi connectivity index (χ0v) is 11.0. The lowest BCUT2D eigenvalue weighted by Crippen LogP contribution is -2.26. The van der Waals surface area contributed by atoms with Crippen molar-refractivity contribution in [3.63, 3.8) is 0 Å². The Labute approximate surface area is 99.2 Å². The van der Waals surface area contributed by atoms with Crippen molar-refractivity contribution in [1.82, 2.24) is 5.32 Å². The highest BCUT2D eigenvalue weighted by atomic mass is 16.2. The third kappa shape index (κ3) is 1.87. The van der Waals surface area contributed by atoms with Gasteiger partial charge in [0.1, 0.15) is 0 Å². The molecule has 1 amide bonds. The SMILES string of the molecule is CCNC(=O)[C@@H]1[C@@H]2[C@H]1[C@H](C(C)C)CC[C@H]2C. The Balaban J connectivity index is 2.05. The van der Waals surface area contributed by atoms with Crippen molar-refractivity contribution >= 4 is 5.91 Å². The van der Waals surface area contributed by atoms with Crippen LogP contribution in [0.5, 0.6) is 0 Å². The molecule has 0 spiro atoms. The molecule has 2 rings (SSSR count). The van der Waals surface area contributed by atoms with E-state index < -0.39 is 0 Å². The molecule has 2 saturated carbocycles. The monoisotopic (exact) mass is 223 g/mol. The van der Waals surface area contributed by atoms with Gasteiger partial charge >= 0.3 is 0 Å². The lowest BCUT2D eigenvalue weighted by atomic mass is 9.77. The second kappa shape index (κ2) is 4.38. The Bertz CT molecular complexity index is 274. The predicted octanol–water partition coefficient (Wildman–Crippen LogP) is 2.69. The molecule has 0 saturated heterocycles. The smallest absolute Gasteiger partial charge is 0.223 e. The number of carbonyl (C=O) groups is 1. The van der Waals surface area contributed by atoms with E-state index in [9.17, 15) is 4.79 Å². The van der Waals surface area contributed by atoms with Gasteiger partial charge in [-0.05, 0) is 42.9 Å². The van der Waals surface area contributed by atoms with Crippen molar-refractivity contribution < 1.29 is 4.79 Å². The molecule has 2 nitrogen and oxygen atoms in total. The largest absolute Gasteiger partial charge is 0.356 e. The Kier molecular flexibility index (Phi) is 3.27. The molecule has 5 atom stereocenters. The minimum atomic E-state index is 0.317. The first-order valence-corrected chi connectivity index (χ1v) is 6.85. The third-order valence-electron chi connectivity index (χ3n) is 4.75. The van der Waals surface area contributed by atoms with Gasteiger partial charge in [0.25, 0.3) is 0 Å². The predicted molar refractivity (Wildman–Crippen MR) is 65.9 cm³/mol. The number of rotatable bonds is 3. The summed E-state index contributed by atoms with van der Waals surface area (Å²) in [6.07, 6.45) is 2.65. The van der Waals surface area contributed by atoms with Gasteiger partial charge in [0.05, 0.1) is 0 Å². The molecule has 2 fully saturated rings. The minimum absolute atomic E-state index is 0.317. The first-order chi connectivity index (χ1) is 7.57. The molecule has 1 N–H and O–H groups in total. The summed E-state index contributed by atoms with van der Waals surface area (Å²) in [4.78, 5) is 12.0. The van der Waals surface area contributed by atoms with Crippen LogP contribution in [0, 0.1) is 35.5 Å². The van der Waals surface area contributed by atoms with Crippen molar-refractivity contribution in [2.24, 2.45) is 35.5 Å². The van der Waals surface area contributed by atoms with E-state index in [4.69, 9.17) is 0 Å². The maximum absolute atomic E-state index is 12.0. The first kappa shape index (κ1) is 11.9. The van der Waals surface area contributed by atoms with E-state index in [1.165, 1.54) is 12.8 Å². The fourth-order valence-electron chi connectivity index (χ4n) is 3.90. The Morgan fingerprint density at radius 3 is 2.56 bits per heavy atom. The van der Waals surface area contributed by atoms with Crippen LogP contribution in [0.15, 0.2) is 0 Å². The topological polar surface area (TPSA) is 29.1 Å². The summed E-state index contributed by atoms with van der Waals surface area (Å²) in [7, 11) is 0. The van der Waals surface area contributed by atoms with Gasteiger partial charge in [0, 0.05) is 12.5 Å². The van der Waals surface area contributed by atoms with Crippen LogP contribution in [-0.2, 0) is 4.79 Å². The van der Waals surface area contributed by atoms with Crippen LogP contribution >= 0.6 is 0 Å². The van der Waals surface area contributed by atoms with Crippen LogP contribution in [0.25, 0.3) is 0 Å². The number of nitrogens with one attached hydrogen (secondary N) is 1. The summed E-state index contributed by atoms with van der Waals surface area (Å²) >= 11 is 0. The number of hydrogen-bond donors (Lipinski definition) is 1. The standard InChI is InChI=1S/C14H25NO/c1-5-15-14(16)13-11-9(4)6-7-10(8(2)3)12(11)13/h8-13H,5-7H2,1-4H3,(H,15,16)/t9-,10+,11+,12-,13-/m1/s1. The van der Waals surface area contributed by atoms with Gasteiger partial charge in [-0.1, -0.05) is 27.2 Å². The van der Waals surface area contributed by atoms with Gasteiger partial charge in [0.15, 0.2) is 0 Å². The van der Waals surface area contributed by atoms with Gasteiger partial charge in [-0.15, -0.1) is 0 Å². The summed E-state index contributed by atoms with van der Waals surface area (Å²) in [6.45, 7) is 9.73. The van der Waals surface area contributed by atoms with E-state index in [0.717, 1.165) is 24.3 Å². The number of hydrogen-bond acceptors (Lipinski definition) is 1. The maximum Gasteiger partial charge on any atom is 0.223 e. The minimum Gasteiger partial charge on any atom is -0.356 e. The Morgan fingerprint density at radius 2 is 2.00 bits per heavy atom. The summed E-state index contributed by atoms with van der Waals surface area (Å²) in [5.41, 5.74) is 0. The molecule has 0 unspecified atom stereocenters. The highest BCUT2D eigenvalue weighted by molar-refractivity contribution is 5.82. The summed E-state index contributed by atoms with van der Waals surface area (Å²) in [5.74, 6) is 4.31. The number of amides is 1. The van der Waals surface area contributed by atoms with Crippen molar-refractivity contribution in [3.05, 3.63) is 0 Å². The molecule has 2 aliphatic carbocycles. The van der Waals surface area contributed by atoms with Gasteiger partial charge in [-0.25, -0.2) is 0 Å². The second-order valence-corrected chi connectivity index (χ2v) is 6.04. The van der Waals surface area contributed by atoms with E-state index in [2.05, 4.69) is 26.1 Å². The van der Waals surface area contributed by atoms with Gasteiger partial charge in [0.2, 0.25) is 5.91 Å². The number of carbonyl (C=O) groups excluding carboxylic acids is 1. The van der Waals surface area contributed by atoms with Gasteiger partial charge < -0.3 is 5.32 Å². The van der Waals surface area contributed by atoms with E-state index in [-0.39, 0.29) is 0 Å². The average Bonchev–Trinajstić information content (AvgIpc) is 2.94. The fourth-order valence-corrected chi connectivity index (χ4v) is 3.90. The summed E-state index contributed by atoms with van der Waals surface area (Å²) in [6, 6.07) is 0. The molecule has 0 bridgehead atoms. The molecule has 2 heteroatoms.